The number of piperidine rings is 1. The van der Waals surface area contributed by atoms with Gasteiger partial charge in [-0.1, -0.05) is 25.2 Å². The third-order valence-corrected chi connectivity index (χ3v) is 4.53. The second-order valence-electron chi connectivity index (χ2n) is 5.18. The van der Waals surface area contributed by atoms with Crippen molar-refractivity contribution < 1.29 is 0 Å². The largest absolute Gasteiger partial charge is 0.389 e. The van der Waals surface area contributed by atoms with Crippen LogP contribution < -0.4 is 10.6 Å². The minimum Gasteiger partial charge on any atom is -0.389 e. The Morgan fingerprint density at radius 3 is 2.78 bits per heavy atom. The van der Waals surface area contributed by atoms with Crippen molar-refractivity contribution in [3.63, 3.8) is 0 Å². The van der Waals surface area contributed by atoms with Gasteiger partial charge in [-0.15, -0.1) is 0 Å². The number of nitrogens with two attached hydrogens (primary N) is 1. The van der Waals surface area contributed by atoms with Crippen molar-refractivity contribution >= 4 is 38.8 Å². The summed E-state index contributed by atoms with van der Waals surface area (Å²) >= 11 is 8.75. The van der Waals surface area contributed by atoms with E-state index in [0.29, 0.717) is 11.0 Å². The lowest BCUT2D eigenvalue weighted by Crippen LogP contribution is -2.42. The van der Waals surface area contributed by atoms with Crippen molar-refractivity contribution in [1.82, 2.24) is 0 Å². The Hall–Kier alpha value is -0.610. The fourth-order valence-corrected chi connectivity index (χ4v) is 3.54. The SMILES string of the molecule is CC1CCC(C)N(c2cccc(Br)c2C(N)=S)C1. The van der Waals surface area contributed by atoms with E-state index in [1.807, 2.05) is 12.1 Å². The molecule has 0 radical (unpaired) electrons. The number of rotatable bonds is 2. The summed E-state index contributed by atoms with van der Waals surface area (Å²) in [6.07, 6.45) is 2.53. The van der Waals surface area contributed by atoms with Crippen LogP contribution in [0.4, 0.5) is 5.69 Å². The summed E-state index contributed by atoms with van der Waals surface area (Å²) in [6, 6.07) is 6.71. The number of benzene rings is 1. The zero-order chi connectivity index (χ0) is 13.3. The smallest absolute Gasteiger partial charge is 0.107 e. The molecule has 1 aliphatic heterocycles. The van der Waals surface area contributed by atoms with Crippen LogP contribution in [0.25, 0.3) is 0 Å². The molecule has 0 spiro atoms. The molecule has 2 atom stereocenters. The molecule has 1 fully saturated rings. The standard InChI is InChI=1S/C14H19BrN2S/c1-9-6-7-10(2)17(8-9)12-5-3-4-11(15)13(12)14(16)18/h3-5,9-10H,6-8H2,1-2H3,(H2,16,18). The first-order chi connectivity index (χ1) is 8.50. The Labute approximate surface area is 123 Å². The van der Waals surface area contributed by atoms with E-state index in [2.05, 4.69) is 40.7 Å². The third kappa shape index (κ3) is 2.69. The Morgan fingerprint density at radius 1 is 1.39 bits per heavy atom. The monoisotopic (exact) mass is 326 g/mol. The fourth-order valence-electron chi connectivity index (χ4n) is 2.62. The van der Waals surface area contributed by atoms with Crippen LogP contribution in [-0.4, -0.2) is 17.6 Å². The van der Waals surface area contributed by atoms with E-state index >= 15 is 0 Å². The highest BCUT2D eigenvalue weighted by Crippen LogP contribution is 2.33. The predicted octanol–water partition coefficient (Wildman–Crippen LogP) is 3.71. The lowest BCUT2D eigenvalue weighted by molar-refractivity contribution is 0.390. The predicted molar refractivity (Wildman–Crippen MR) is 85.2 cm³/mol. The average Bonchev–Trinajstić information content (AvgIpc) is 2.31. The lowest BCUT2D eigenvalue weighted by atomic mass is 9.94. The molecular weight excluding hydrogens is 308 g/mol. The molecule has 1 aromatic carbocycles. The highest BCUT2D eigenvalue weighted by molar-refractivity contribution is 9.10. The zero-order valence-corrected chi connectivity index (χ0v) is 13.2. The van der Waals surface area contributed by atoms with Gasteiger partial charge in [0.15, 0.2) is 0 Å². The lowest BCUT2D eigenvalue weighted by Gasteiger charge is -2.39. The number of hydrogen-bond donors (Lipinski definition) is 1. The van der Waals surface area contributed by atoms with Gasteiger partial charge in [-0.2, -0.15) is 0 Å². The van der Waals surface area contributed by atoms with Crippen LogP contribution in [0.1, 0.15) is 32.3 Å². The first-order valence-electron chi connectivity index (χ1n) is 6.35. The van der Waals surface area contributed by atoms with Crippen LogP contribution in [0.3, 0.4) is 0 Å². The molecule has 1 saturated heterocycles. The number of hydrogen-bond acceptors (Lipinski definition) is 2. The van der Waals surface area contributed by atoms with E-state index in [4.69, 9.17) is 18.0 Å². The summed E-state index contributed by atoms with van der Waals surface area (Å²) in [5.41, 5.74) is 8.01. The Balaban J connectivity index is 2.43. The second kappa shape index (κ2) is 5.57. The minimum atomic E-state index is 0.461. The van der Waals surface area contributed by atoms with Crippen LogP contribution in [0, 0.1) is 5.92 Å². The maximum atomic E-state index is 5.88. The number of thiocarbonyl (C=S) groups is 1. The van der Waals surface area contributed by atoms with Crippen LogP contribution in [0.15, 0.2) is 22.7 Å². The van der Waals surface area contributed by atoms with E-state index < -0.39 is 0 Å². The van der Waals surface area contributed by atoms with E-state index in [9.17, 15) is 0 Å². The first-order valence-corrected chi connectivity index (χ1v) is 7.55. The number of halogens is 1. The van der Waals surface area contributed by atoms with Crippen molar-refractivity contribution in [3.05, 3.63) is 28.2 Å². The molecular formula is C14H19BrN2S. The molecule has 2 N–H and O–H groups in total. The summed E-state index contributed by atoms with van der Waals surface area (Å²) in [6.45, 7) is 5.65. The molecule has 2 rings (SSSR count). The summed E-state index contributed by atoms with van der Waals surface area (Å²) in [4.78, 5) is 2.90. The Kier molecular flexibility index (Phi) is 4.28. The van der Waals surface area contributed by atoms with Crippen molar-refractivity contribution in [1.29, 1.82) is 0 Å². The maximum Gasteiger partial charge on any atom is 0.107 e. The third-order valence-electron chi connectivity index (χ3n) is 3.67. The summed E-state index contributed by atoms with van der Waals surface area (Å²) in [5, 5.41) is 0. The van der Waals surface area contributed by atoms with Crippen molar-refractivity contribution in [2.75, 3.05) is 11.4 Å². The molecule has 1 aliphatic rings. The first kappa shape index (κ1) is 13.8. The second-order valence-corrected chi connectivity index (χ2v) is 6.48. The van der Waals surface area contributed by atoms with Gasteiger partial charge in [0, 0.05) is 28.3 Å². The van der Waals surface area contributed by atoms with Crippen molar-refractivity contribution in [2.45, 2.75) is 32.7 Å². The van der Waals surface area contributed by atoms with Gasteiger partial charge < -0.3 is 10.6 Å². The molecule has 4 heteroatoms. The highest BCUT2D eigenvalue weighted by atomic mass is 79.9. The molecule has 0 aromatic heterocycles. The topological polar surface area (TPSA) is 29.3 Å². The van der Waals surface area contributed by atoms with Gasteiger partial charge in [0.25, 0.3) is 0 Å². The molecule has 0 bridgehead atoms. The summed E-state index contributed by atoms with van der Waals surface area (Å²) in [7, 11) is 0. The number of nitrogens with zero attached hydrogens (tertiary/aromatic N) is 1. The molecule has 2 nitrogen and oxygen atoms in total. The minimum absolute atomic E-state index is 0.461. The quantitative estimate of drug-likeness (QED) is 0.840. The Bertz CT molecular complexity index is 461. The number of anilines is 1. The molecule has 0 aliphatic carbocycles. The van der Waals surface area contributed by atoms with Crippen molar-refractivity contribution in [3.8, 4) is 0 Å². The molecule has 2 unspecified atom stereocenters. The molecule has 1 aromatic rings. The van der Waals surface area contributed by atoms with Crippen molar-refractivity contribution in [2.24, 2.45) is 11.7 Å². The van der Waals surface area contributed by atoms with Gasteiger partial charge in [-0.05, 0) is 53.7 Å². The van der Waals surface area contributed by atoms with Crippen LogP contribution in [-0.2, 0) is 0 Å². The fraction of sp³-hybridized carbons (Fsp3) is 0.500. The molecule has 0 saturated carbocycles. The van der Waals surface area contributed by atoms with E-state index in [0.717, 1.165) is 28.2 Å². The van der Waals surface area contributed by atoms with Gasteiger partial charge in [0.1, 0.15) is 4.99 Å². The Morgan fingerprint density at radius 2 is 2.11 bits per heavy atom. The molecule has 98 valence electrons. The van der Waals surface area contributed by atoms with E-state index in [-0.39, 0.29) is 0 Å². The molecule has 18 heavy (non-hydrogen) atoms. The average molecular weight is 327 g/mol. The molecule has 1 heterocycles. The normalized spacial score (nSPS) is 24.1. The van der Waals surface area contributed by atoms with Gasteiger partial charge >= 0.3 is 0 Å². The van der Waals surface area contributed by atoms with Gasteiger partial charge in [0.2, 0.25) is 0 Å². The van der Waals surface area contributed by atoms with Crippen LogP contribution >= 0.6 is 28.1 Å². The van der Waals surface area contributed by atoms with Crippen LogP contribution in [0.2, 0.25) is 0 Å². The molecule has 0 amide bonds. The van der Waals surface area contributed by atoms with Gasteiger partial charge in [0.05, 0.1) is 0 Å². The zero-order valence-electron chi connectivity index (χ0n) is 10.8. The summed E-state index contributed by atoms with van der Waals surface area (Å²) < 4.78 is 0.984. The summed E-state index contributed by atoms with van der Waals surface area (Å²) in [5.74, 6) is 0.722. The van der Waals surface area contributed by atoms with E-state index in [1.54, 1.807) is 0 Å². The van der Waals surface area contributed by atoms with Crippen LogP contribution in [0.5, 0.6) is 0 Å². The highest BCUT2D eigenvalue weighted by Gasteiger charge is 2.25. The van der Waals surface area contributed by atoms with E-state index in [1.165, 1.54) is 12.8 Å². The maximum absolute atomic E-state index is 5.88. The van der Waals surface area contributed by atoms with Gasteiger partial charge in [-0.3, -0.25) is 0 Å². The van der Waals surface area contributed by atoms with Gasteiger partial charge in [-0.25, -0.2) is 0 Å².